The minimum absolute atomic E-state index is 0.0169. The smallest absolute Gasteiger partial charge is 0.308 e. The Balaban J connectivity index is 0.000000360. The number of carbonyl (C=O) groups excluding carboxylic acids is 3. The number of likely N-dealkylation sites (N-methyl/N-ethyl adjacent to an activating group) is 4. The second kappa shape index (κ2) is 18.0. The fourth-order valence-electron chi connectivity index (χ4n) is 2.93. The van der Waals surface area contributed by atoms with Gasteiger partial charge in [-0.3, -0.25) is 14.4 Å². The largest absolute Gasteiger partial charge is 0.461 e. The highest BCUT2D eigenvalue weighted by atomic mass is 32.1. The molecular formula is C26H36N4O5S. The predicted octanol–water partition coefficient (Wildman–Crippen LogP) is 1.71. The molecule has 0 spiro atoms. The van der Waals surface area contributed by atoms with E-state index < -0.39 is 12.0 Å². The van der Waals surface area contributed by atoms with Crippen molar-refractivity contribution in [3.8, 4) is 0 Å². The molecule has 0 radical (unpaired) electrons. The number of benzene rings is 2. The average molecular weight is 517 g/mol. The number of hydrogen-bond acceptors (Lipinski definition) is 8. The van der Waals surface area contributed by atoms with Crippen LogP contribution >= 0.6 is 12.2 Å². The first-order chi connectivity index (χ1) is 17.3. The van der Waals surface area contributed by atoms with Crippen molar-refractivity contribution in [1.82, 2.24) is 21.3 Å². The number of hydrogen-bond donors (Lipinski definition) is 4. The molecule has 0 fully saturated rings. The maximum Gasteiger partial charge on any atom is 0.308 e. The molecule has 36 heavy (non-hydrogen) atoms. The lowest BCUT2D eigenvalue weighted by Gasteiger charge is -2.16. The first-order valence-electron chi connectivity index (χ1n) is 11.5. The Morgan fingerprint density at radius 1 is 0.694 bits per heavy atom. The topological polar surface area (TPSA) is 118 Å². The summed E-state index contributed by atoms with van der Waals surface area (Å²) < 4.78 is 10.3. The lowest BCUT2D eigenvalue weighted by molar-refractivity contribution is -0.147. The zero-order valence-electron chi connectivity index (χ0n) is 21.2. The van der Waals surface area contributed by atoms with E-state index in [0.717, 1.165) is 11.1 Å². The number of rotatable bonds is 12. The maximum atomic E-state index is 11.7. The first-order valence-corrected chi connectivity index (χ1v) is 11.9. The highest BCUT2D eigenvalue weighted by Gasteiger charge is 2.19. The van der Waals surface area contributed by atoms with Crippen molar-refractivity contribution in [1.29, 1.82) is 0 Å². The summed E-state index contributed by atoms with van der Waals surface area (Å²) >= 11 is 5.09. The van der Waals surface area contributed by atoms with E-state index in [9.17, 15) is 14.4 Å². The third-order valence-corrected chi connectivity index (χ3v) is 5.54. The molecule has 2 atom stereocenters. The summed E-state index contributed by atoms with van der Waals surface area (Å²) in [7, 11) is 6.66. The van der Waals surface area contributed by atoms with Crippen molar-refractivity contribution in [3.05, 3.63) is 71.8 Å². The summed E-state index contributed by atoms with van der Waals surface area (Å²) in [5, 5.41) is 11.1. The van der Waals surface area contributed by atoms with Crippen LogP contribution < -0.4 is 21.3 Å². The molecule has 0 aliphatic rings. The van der Waals surface area contributed by atoms with E-state index in [2.05, 4.69) is 21.3 Å². The molecule has 0 aromatic heterocycles. The summed E-state index contributed by atoms with van der Waals surface area (Å²) in [5.41, 5.74) is 1.90. The molecule has 2 aromatic rings. The predicted molar refractivity (Wildman–Crippen MR) is 143 cm³/mol. The Hall–Kier alpha value is -3.34. The van der Waals surface area contributed by atoms with Crippen LogP contribution in [0.2, 0.25) is 0 Å². The van der Waals surface area contributed by atoms with Gasteiger partial charge in [0.25, 0.3) is 0 Å². The number of nitrogens with one attached hydrogen (secondary N) is 4. The summed E-state index contributed by atoms with van der Waals surface area (Å²) in [6.07, 6.45) is 0.242. The van der Waals surface area contributed by atoms with Crippen LogP contribution in [0.5, 0.6) is 0 Å². The fourth-order valence-corrected chi connectivity index (χ4v) is 3.13. The van der Waals surface area contributed by atoms with Gasteiger partial charge in [0, 0.05) is 14.1 Å². The monoisotopic (exact) mass is 516 g/mol. The van der Waals surface area contributed by atoms with Crippen molar-refractivity contribution >= 4 is 35.1 Å². The van der Waals surface area contributed by atoms with E-state index in [-0.39, 0.29) is 37.4 Å². The minimum Gasteiger partial charge on any atom is -0.461 e. The number of amides is 1. The van der Waals surface area contributed by atoms with Gasteiger partial charge in [0.2, 0.25) is 5.91 Å². The molecule has 0 saturated heterocycles. The lowest BCUT2D eigenvalue weighted by atomic mass is 10.2. The molecule has 2 aromatic carbocycles. The van der Waals surface area contributed by atoms with Crippen molar-refractivity contribution in [3.63, 3.8) is 0 Å². The van der Waals surface area contributed by atoms with Gasteiger partial charge < -0.3 is 30.7 Å². The van der Waals surface area contributed by atoms with E-state index in [1.54, 1.807) is 21.1 Å². The van der Waals surface area contributed by atoms with Crippen LogP contribution in [0.1, 0.15) is 24.0 Å². The average Bonchev–Trinajstić information content (AvgIpc) is 2.93. The van der Waals surface area contributed by atoms with Crippen molar-refractivity contribution < 1.29 is 23.9 Å². The van der Waals surface area contributed by atoms with Crippen molar-refractivity contribution in [2.45, 2.75) is 38.1 Å². The second-order valence-electron chi connectivity index (χ2n) is 7.61. The summed E-state index contributed by atoms with van der Waals surface area (Å²) in [6.45, 7) is 0.520. The van der Waals surface area contributed by atoms with E-state index >= 15 is 0 Å². The maximum absolute atomic E-state index is 11.7. The summed E-state index contributed by atoms with van der Waals surface area (Å²) in [5.74, 6) is -0.897. The van der Waals surface area contributed by atoms with Crippen LogP contribution in [0.3, 0.4) is 0 Å². The fraction of sp³-hybridized carbons (Fsp3) is 0.385. The molecule has 0 aliphatic heterocycles. The Kier molecular flexibility index (Phi) is 15.3. The van der Waals surface area contributed by atoms with E-state index in [0.29, 0.717) is 11.6 Å². The van der Waals surface area contributed by atoms with Gasteiger partial charge in [0.15, 0.2) is 0 Å². The van der Waals surface area contributed by atoms with Gasteiger partial charge in [0.05, 0.1) is 29.9 Å². The SMILES string of the molecule is CNC(=O)[C@H](CC(=O)OCc1ccccc1)NC.CNC(=S)[C@H](CC(=O)OCc1ccccc1)NC. The molecule has 0 bridgehead atoms. The van der Waals surface area contributed by atoms with Crippen LogP contribution in [0.15, 0.2) is 60.7 Å². The van der Waals surface area contributed by atoms with E-state index in [4.69, 9.17) is 21.7 Å². The molecule has 2 rings (SSSR count). The highest BCUT2D eigenvalue weighted by Crippen LogP contribution is 2.04. The number of carbonyl (C=O) groups is 3. The number of esters is 2. The third-order valence-electron chi connectivity index (χ3n) is 5.05. The molecule has 0 unspecified atom stereocenters. The van der Waals surface area contributed by atoms with E-state index in [1.165, 1.54) is 7.05 Å². The lowest BCUT2D eigenvalue weighted by Crippen LogP contribution is -2.42. The van der Waals surface area contributed by atoms with Crippen molar-refractivity contribution in [2.75, 3.05) is 28.2 Å². The van der Waals surface area contributed by atoms with Crippen LogP contribution in [-0.2, 0) is 37.1 Å². The van der Waals surface area contributed by atoms with Gasteiger partial charge in [-0.25, -0.2) is 0 Å². The number of thiocarbonyl (C=S) groups is 1. The van der Waals surface area contributed by atoms with Gasteiger partial charge in [-0.05, 0) is 25.2 Å². The quantitative estimate of drug-likeness (QED) is 0.247. The van der Waals surface area contributed by atoms with Crippen LogP contribution in [0.4, 0.5) is 0 Å². The molecule has 0 heterocycles. The molecule has 10 heteroatoms. The molecule has 4 N–H and O–H groups in total. The first kappa shape index (κ1) is 30.7. The highest BCUT2D eigenvalue weighted by molar-refractivity contribution is 7.80. The molecule has 196 valence electrons. The molecular weight excluding hydrogens is 480 g/mol. The van der Waals surface area contributed by atoms with E-state index in [1.807, 2.05) is 60.7 Å². The molecule has 1 amide bonds. The van der Waals surface area contributed by atoms with Crippen LogP contribution in [0.25, 0.3) is 0 Å². The Labute approximate surface area is 218 Å². The zero-order valence-corrected chi connectivity index (χ0v) is 22.0. The molecule has 9 nitrogen and oxygen atoms in total. The Morgan fingerprint density at radius 2 is 1.11 bits per heavy atom. The zero-order chi connectivity index (χ0) is 26.8. The normalized spacial score (nSPS) is 11.7. The standard InChI is InChI=1S/C13H18N2O3.C13H18N2O2S/c1-14-11(13(17)15-2)8-12(16)18-9-10-6-4-3-5-7-10;1-14-11(13(18)15-2)8-12(16)17-9-10-6-4-3-5-7-10/h3-7,11,14H,8-9H2,1-2H3,(H,15,17);3-7,11,14H,8-9H2,1-2H3,(H,15,18)/t2*11-/m00/s1. The van der Waals surface area contributed by atoms with Gasteiger partial charge >= 0.3 is 11.9 Å². The Morgan fingerprint density at radius 3 is 1.47 bits per heavy atom. The second-order valence-corrected chi connectivity index (χ2v) is 8.05. The molecule has 0 saturated carbocycles. The summed E-state index contributed by atoms with van der Waals surface area (Å²) in [4.78, 5) is 35.2. The van der Waals surface area contributed by atoms with Crippen molar-refractivity contribution in [2.24, 2.45) is 0 Å². The number of ether oxygens (including phenoxy) is 2. The summed E-state index contributed by atoms with van der Waals surface area (Å²) in [6, 6.07) is 18.2. The minimum atomic E-state index is -0.557. The van der Waals surface area contributed by atoms with Gasteiger partial charge in [0.1, 0.15) is 13.2 Å². The molecule has 0 aliphatic carbocycles. The van der Waals surface area contributed by atoms with Gasteiger partial charge in [-0.15, -0.1) is 0 Å². The van der Waals surface area contributed by atoms with Crippen LogP contribution in [0, 0.1) is 0 Å². The third kappa shape index (κ3) is 12.4. The van der Waals surface area contributed by atoms with Gasteiger partial charge in [-0.1, -0.05) is 72.9 Å². The van der Waals surface area contributed by atoms with Gasteiger partial charge in [-0.2, -0.15) is 0 Å². The van der Waals surface area contributed by atoms with Crippen LogP contribution in [-0.4, -0.2) is 63.1 Å². The Bertz CT molecular complexity index is 866.